The lowest BCUT2D eigenvalue weighted by Gasteiger charge is -2.30. The third-order valence-electron chi connectivity index (χ3n) is 4.97. The number of likely N-dealkylation sites (tertiary alicyclic amines) is 1. The molecule has 2 aliphatic rings. The van der Waals surface area contributed by atoms with E-state index < -0.39 is 0 Å². The van der Waals surface area contributed by atoms with Gasteiger partial charge >= 0.3 is 0 Å². The summed E-state index contributed by atoms with van der Waals surface area (Å²) in [4.78, 5) is 30.9. The van der Waals surface area contributed by atoms with Crippen LogP contribution in [0, 0.1) is 12.8 Å². The summed E-state index contributed by atoms with van der Waals surface area (Å²) in [7, 11) is 0. The number of fused-ring (bicyclic) bond motifs is 1. The van der Waals surface area contributed by atoms with Gasteiger partial charge in [0.05, 0.1) is 27.1 Å². The van der Waals surface area contributed by atoms with E-state index in [0.29, 0.717) is 22.1 Å². The fourth-order valence-electron chi connectivity index (χ4n) is 3.49. The highest BCUT2D eigenvalue weighted by atomic mass is 35.5. The number of piperidine rings is 1. The Labute approximate surface area is 172 Å². The number of nitrogens with one attached hydrogen (secondary N) is 2. The van der Waals surface area contributed by atoms with Gasteiger partial charge in [-0.3, -0.25) is 14.5 Å². The third kappa shape index (κ3) is 4.29. The van der Waals surface area contributed by atoms with Gasteiger partial charge in [0, 0.05) is 23.9 Å². The summed E-state index contributed by atoms with van der Waals surface area (Å²) < 4.78 is 5.40. The number of thiazole rings is 1. The highest BCUT2D eigenvalue weighted by molar-refractivity contribution is 7.09. The van der Waals surface area contributed by atoms with Gasteiger partial charge in [-0.25, -0.2) is 4.98 Å². The molecule has 1 aromatic heterocycles. The van der Waals surface area contributed by atoms with Crippen LogP contribution in [0.1, 0.15) is 23.5 Å². The minimum absolute atomic E-state index is 0.0363. The van der Waals surface area contributed by atoms with Crippen molar-refractivity contribution in [1.82, 2.24) is 9.88 Å². The number of amides is 2. The van der Waals surface area contributed by atoms with E-state index in [1.54, 1.807) is 23.5 Å². The first-order valence-corrected chi connectivity index (χ1v) is 10.4. The predicted octanol–water partition coefficient (Wildman–Crippen LogP) is 3.29. The zero-order chi connectivity index (χ0) is 19.7. The standard InChI is InChI=1S/C19H21ClN4O3S/c1-11-21-13(10-28-11)8-24-4-2-12(3-5-24)19(26)23-15-7-17-16(6-14(15)20)22-18(25)9-27-17/h6-7,10,12H,2-5,8-9H2,1H3,(H,22,25)(H,23,26). The van der Waals surface area contributed by atoms with Gasteiger partial charge in [-0.15, -0.1) is 11.3 Å². The Morgan fingerprint density at radius 2 is 2.21 bits per heavy atom. The number of nitrogens with zero attached hydrogens (tertiary/aromatic N) is 2. The normalized spacial score (nSPS) is 17.6. The van der Waals surface area contributed by atoms with E-state index in [-0.39, 0.29) is 24.3 Å². The molecule has 148 valence electrons. The molecule has 1 fully saturated rings. The van der Waals surface area contributed by atoms with Crippen molar-refractivity contribution in [1.29, 1.82) is 0 Å². The zero-order valence-electron chi connectivity index (χ0n) is 15.5. The number of halogens is 1. The van der Waals surface area contributed by atoms with Crippen LogP contribution < -0.4 is 15.4 Å². The molecule has 28 heavy (non-hydrogen) atoms. The number of rotatable bonds is 4. The van der Waals surface area contributed by atoms with E-state index in [2.05, 4.69) is 25.9 Å². The highest BCUT2D eigenvalue weighted by Gasteiger charge is 2.26. The van der Waals surface area contributed by atoms with Crippen LogP contribution in [-0.2, 0) is 16.1 Å². The van der Waals surface area contributed by atoms with Crippen LogP contribution >= 0.6 is 22.9 Å². The number of hydrogen-bond acceptors (Lipinski definition) is 6. The minimum Gasteiger partial charge on any atom is -0.482 e. The average Bonchev–Trinajstić information content (AvgIpc) is 3.08. The summed E-state index contributed by atoms with van der Waals surface area (Å²) in [5.41, 5.74) is 2.12. The molecule has 0 atom stereocenters. The first-order chi connectivity index (χ1) is 13.5. The molecule has 4 rings (SSSR count). The van der Waals surface area contributed by atoms with Gasteiger partial charge in [0.25, 0.3) is 5.91 Å². The van der Waals surface area contributed by atoms with E-state index >= 15 is 0 Å². The molecule has 1 aromatic carbocycles. The van der Waals surface area contributed by atoms with Crippen LogP contribution in [0.15, 0.2) is 17.5 Å². The number of anilines is 2. The number of carbonyl (C=O) groups excluding carboxylic acids is 2. The fourth-order valence-corrected chi connectivity index (χ4v) is 4.31. The second kappa shape index (κ2) is 8.06. The average molecular weight is 421 g/mol. The lowest BCUT2D eigenvalue weighted by atomic mass is 9.95. The van der Waals surface area contributed by atoms with Gasteiger partial charge in [0.2, 0.25) is 5.91 Å². The number of carbonyl (C=O) groups is 2. The maximum Gasteiger partial charge on any atom is 0.262 e. The van der Waals surface area contributed by atoms with Gasteiger partial charge in [0.1, 0.15) is 5.75 Å². The number of hydrogen-bond donors (Lipinski definition) is 2. The molecular formula is C19H21ClN4O3S. The maximum absolute atomic E-state index is 12.7. The monoisotopic (exact) mass is 420 g/mol. The maximum atomic E-state index is 12.7. The second-order valence-electron chi connectivity index (χ2n) is 7.06. The van der Waals surface area contributed by atoms with Gasteiger partial charge in [0.15, 0.2) is 6.61 Å². The molecular weight excluding hydrogens is 400 g/mol. The van der Waals surface area contributed by atoms with Crippen LogP contribution in [-0.4, -0.2) is 41.4 Å². The van der Waals surface area contributed by atoms with E-state index in [4.69, 9.17) is 16.3 Å². The van der Waals surface area contributed by atoms with E-state index in [1.807, 2.05) is 6.92 Å². The predicted molar refractivity (Wildman–Crippen MR) is 109 cm³/mol. The van der Waals surface area contributed by atoms with Crippen molar-refractivity contribution in [2.45, 2.75) is 26.3 Å². The molecule has 2 aromatic rings. The summed E-state index contributed by atoms with van der Waals surface area (Å²) in [6.07, 6.45) is 1.59. The fraction of sp³-hybridized carbons (Fsp3) is 0.421. The number of aryl methyl sites for hydroxylation is 1. The molecule has 0 bridgehead atoms. The van der Waals surface area contributed by atoms with Crippen LogP contribution in [0.5, 0.6) is 5.75 Å². The summed E-state index contributed by atoms with van der Waals surface area (Å²) in [5.74, 6) is 0.194. The van der Waals surface area contributed by atoms with Crippen molar-refractivity contribution >= 4 is 46.1 Å². The molecule has 1 saturated heterocycles. The first-order valence-electron chi connectivity index (χ1n) is 9.18. The van der Waals surface area contributed by atoms with Crippen LogP contribution in [0.4, 0.5) is 11.4 Å². The van der Waals surface area contributed by atoms with Crippen molar-refractivity contribution in [3.63, 3.8) is 0 Å². The third-order valence-corrected chi connectivity index (χ3v) is 6.11. The van der Waals surface area contributed by atoms with Crippen molar-refractivity contribution in [3.05, 3.63) is 33.2 Å². The molecule has 2 N–H and O–H groups in total. The van der Waals surface area contributed by atoms with Crippen molar-refractivity contribution in [2.24, 2.45) is 5.92 Å². The second-order valence-corrected chi connectivity index (χ2v) is 8.53. The van der Waals surface area contributed by atoms with Crippen molar-refractivity contribution < 1.29 is 14.3 Å². The van der Waals surface area contributed by atoms with Gasteiger partial charge in [-0.05, 0) is 38.9 Å². The summed E-state index contributed by atoms with van der Waals surface area (Å²) in [5, 5.41) is 9.16. The Bertz CT molecular complexity index is 909. The lowest BCUT2D eigenvalue weighted by Crippen LogP contribution is -2.37. The molecule has 3 heterocycles. The zero-order valence-corrected chi connectivity index (χ0v) is 17.0. The number of benzene rings is 1. The minimum atomic E-state index is -0.222. The molecule has 2 aliphatic heterocycles. The van der Waals surface area contributed by atoms with Gasteiger partial charge in [-0.1, -0.05) is 11.6 Å². The topological polar surface area (TPSA) is 83.6 Å². The molecule has 2 amide bonds. The van der Waals surface area contributed by atoms with E-state index in [9.17, 15) is 9.59 Å². The van der Waals surface area contributed by atoms with Crippen molar-refractivity contribution in [2.75, 3.05) is 30.3 Å². The first kappa shape index (κ1) is 19.2. The van der Waals surface area contributed by atoms with Gasteiger partial charge in [-0.2, -0.15) is 0 Å². The Morgan fingerprint density at radius 1 is 1.43 bits per heavy atom. The summed E-state index contributed by atoms with van der Waals surface area (Å²) in [6, 6.07) is 3.26. The quantitative estimate of drug-likeness (QED) is 0.793. The molecule has 0 unspecified atom stereocenters. The Morgan fingerprint density at radius 3 is 2.93 bits per heavy atom. The SMILES string of the molecule is Cc1nc(CN2CCC(C(=O)Nc3cc4c(cc3Cl)NC(=O)CO4)CC2)cs1. The smallest absolute Gasteiger partial charge is 0.262 e. The number of ether oxygens (including phenoxy) is 1. The Balaban J connectivity index is 1.34. The van der Waals surface area contributed by atoms with Crippen molar-refractivity contribution in [3.8, 4) is 5.75 Å². The molecule has 9 heteroatoms. The molecule has 0 aliphatic carbocycles. The Hall–Kier alpha value is -2.16. The van der Waals surface area contributed by atoms with Gasteiger partial charge < -0.3 is 15.4 Å². The summed E-state index contributed by atoms with van der Waals surface area (Å²) >= 11 is 7.93. The Kier molecular flexibility index (Phi) is 5.52. The van der Waals surface area contributed by atoms with E-state index in [0.717, 1.165) is 43.2 Å². The molecule has 7 nitrogen and oxygen atoms in total. The largest absolute Gasteiger partial charge is 0.482 e. The van der Waals surface area contributed by atoms with E-state index in [1.165, 1.54) is 0 Å². The molecule has 0 spiro atoms. The van der Waals surface area contributed by atoms with Crippen LogP contribution in [0.25, 0.3) is 0 Å². The highest BCUT2D eigenvalue weighted by Crippen LogP contribution is 2.36. The van der Waals surface area contributed by atoms with Crippen LogP contribution in [0.2, 0.25) is 5.02 Å². The molecule has 0 radical (unpaired) electrons. The number of aromatic nitrogens is 1. The molecule has 0 saturated carbocycles. The lowest BCUT2D eigenvalue weighted by molar-refractivity contribution is -0.121. The van der Waals surface area contributed by atoms with Crippen LogP contribution in [0.3, 0.4) is 0 Å². The summed E-state index contributed by atoms with van der Waals surface area (Å²) in [6.45, 7) is 4.52.